The number of nitrogens with zero attached hydrogens (tertiary/aromatic N) is 1. The standard InChI is InChI=1S/C23H22N2O5S/c1-16(26)21-9-4-5-10-22(21)24-23(27)17-7-6-8-20(15-17)31(28,29)25(2)18-11-13-19(30-3)14-12-18/h4-15H,1-3H3,(H,24,27). The number of carbonyl (C=O) groups is 2. The van der Waals surface area contributed by atoms with Crippen LogP contribution in [0.1, 0.15) is 27.6 Å². The van der Waals surface area contributed by atoms with E-state index in [0.29, 0.717) is 22.7 Å². The Morgan fingerprint density at radius 3 is 2.26 bits per heavy atom. The highest BCUT2D eigenvalue weighted by Gasteiger charge is 2.23. The SMILES string of the molecule is COc1ccc(N(C)S(=O)(=O)c2cccc(C(=O)Nc3ccccc3C(C)=O)c2)cc1. The van der Waals surface area contributed by atoms with Gasteiger partial charge < -0.3 is 10.1 Å². The molecule has 0 aliphatic rings. The molecule has 0 aromatic heterocycles. The van der Waals surface area contributed by atoms with Crippen molar-refractivity contribution in [2.24, 2.45) is 0 Å². The molecule has 0 saturated carbocycles. The first-order valence-corrected chi connectivity index (χ1v) is 10.8. The summed E-state index contributed by atoms with van der Waals surface area (Å²) in [6.07, 6.45) is 0. The average molecular weight is 439 g/mol. The monoisotopic (exact) mass is 438 g/mol. The van der Waals surface area contributed by atoms with E-state index >= 15 is 0 Å². The zero-order valence-corrected chi connectivity index (χ0v) is 18.1. The van der Waals surface area contributed by atoms with Gasteiger partial charge in [0.2, 0.25) is 0 Å². The Kier molecular flexibility index (Phi) is 6.41. The van der Waals surface area contributed by atoms with E-state index in [9.17, 15) is 18.0 Å². The van der Waals surface area contributed by atoms with Gasteiger partial charge in [0.25, 0.3) is 15.9 Å². The van der Waals surface area contributed by atoms with Crippen LogP contribution in [0.3, 0.4) is 0 Å². The second-order valence-corrected chi connectivity index (χ2v) is 8.72. The van der Waals surface area contributed by atoms with E-state index in [1.807, 2.05) is 0 Å². The number of hydrogen-bond acceptors (Lipinski definition) is 5. The second kappa shape index (κ2) is 9.01. The molecule has 0 bridgehead atoms. The lowest BCUT2D eigenvalue weighted by atomic mass is 10.1. The quantitative estimate of drug-likeness (QED) is 0.564. The number of methoxy groups -OCH3 is 1. The minimum atomic E-state index is -3.90. The topological polar surface area (TPSA) is 92.8 Å². The zero-order chi connectivity index (χ0) is 22.6. The van der Waals surface area contributed by atoms with Crippen molar-refractivity contribution in [2.75, 3.05) is 23.8 Å². The van der Waals surface area contributed by atoms with Gasteiger partial charge >= 0.3 is 0 Å². The number of sulfonamides is 1. The van der Waals surface area contributed by atoms with Gasteiger partial charge in [0, 0.05) is 18.2 Å². The van der Waals surface area contributed by atoms with Crippen molar-refractivity contribution in [2.45, 2.75) is 11.8 Å². The minimum absolute atomic E-state index is 0.0293. The van der Waals surface area contributed by atoms with Gasteiger partial charge in [-0.2, -0.15) is 0 Å². The first-order valence-electron chi connectivity index (χ1n) is 9.38. The Bertz CT molecular complexity index is 1220. The Morgan fingerprint density at radius 1 is 0.935 bits per heavy atom. The minimum Gasteiger partial charge on any atom is -0.497 e. The number of ketones is 1. The Morgan fingerprint density at radius 2 is 1.61 bits per heavy atom. The molecule has 160 valence electrons. The predicted octanol–water partition coefficient (Wildman–Crippen LogP) is 3.98. The van der Waals surface area contributed by atoms with Crippen molar-refractivity contribution >= 4 is 33.1 Å². The molecular weight excluding hydrogens is 416 g/mol. The van der Waals surface area contributed by atoms with Crippen molar-refractivity contribution in [1.29, 1.82) is 0 Å². The third-order valence-corrected chi connectivity index (χ3v) is 6.53. The van der Waals surface area contributed by atoms with Crippen LogP contribution in [-0.4, -0.2) is 34.3 Å². The molecule has 0 atom stereocenters. The van der Waals surface area contributed by atoms with Gasteiger partial charge in [0.15, 0.2) is 5.78 Å². The fraction of sp³-hybridized carbons (Fsp3) is 0.130. The highest BCUT2D eigenvalue weighted by atomic mass is 32.2. The number of para-hydroxylation sites is 1. The first kappa shape index (κ1) is 22.0. The first-order chi connectivity index (χ1) is 14.7. The molecule has 7 nitrogen and oxygen atoms in total. The molecule has 8 heteroatoms. The average Bonchev–Trinajstić information content (AvgIpc) is 2.79. The molecule has 1 amide bonds. The molecule has 0 fully saturated rings. The van der Waals surface area contributed by atoms with Gasteiger partial charge in [-0.3, -0.25) is 13.9 Å². The summed E-state index contributed by atoms with van der Waals surface area (Å²) in [7, 11) is -0.938. The maximum Gasteiger partial charge on any atom is 0.264 e. The molecule has 0 spiro atoms. The molecule has 0 heterocycles. The molecule has 0 unspecified atom stereocenters. The van der Waals surface area contributed by atoms with Gasteiger partial charge in [-0.05, 0) is 61.5 Å². The fourth-order valence-electron chi connectivity index (χ4n) is 2.98. The number of anilines is 2. The molecule has 0 aliphatic heterocycles. The van der Waals surface area contributed by atoms with Crippen LogP contribution in [-0.2, 0) is 10.0 Å². The van der Waals surface area contributed by atoms with Crippen LogP contribution in [0, 0.1) is 0 Å². The van der Waals surface area contributed by atoms with E-state index in [4.69, 9.17) is 4.74 Å². The van der Waals surface area contributed by atoms with E-state index in [2.05, 4.69) is 5.32 Å². The van der Waals surface area contributed by atoms with E-state index < -0.39 is 15.9 Å². The van der Waals surface area contributed by atoms with Gasteiger partial charge in [-0.25, -0.2) is 8.42 Å². The molecule has 1 N–H and O–H groups in total. The van der Waals surface area contributed by atoms with Crippen molar-refractivity contribution in [1.82, 2.24) is 0 Å². The maximum atomic E-state index is 13.1. The zero-order valence-electron chi connectivity index (χ0n) is 17.3. The van der Waals surface area contributed by atoms with Crippen LogP contribution in [0.4, 0.5) is 11.4 Å². The summed E-state index contributed by atoms with van der Waals surface area (Å²) >= 11 is 0. The number of ether oxygens (including phenoxy) is 1. The fourth-order valence-corrected chi connectivity index (χ4v) is 4.22. The Labute approximate surface area is 181 Å². The second-order valence-electron chi connectivity index (χ2n) is 6.75. The largest absolute Gasteiger partial charge is 0.497 e. The van der Waals surface area contributed by atoms with E-state index in [1.54, 1.807) is 48.5 Å². The molecule has 3 rings (SSSR count). The van der Waals surface area contributed by atoms with Gasteiger partial charge in [0.1, 0.15) is 5.75 Å². The van der Waals surface area contributed by atoms with Crippen molar-refractivity contribution < 1.29 is 22.7 Å². The predicted molar refractivity (Wildman–Crippen MR) is 119 cm³/mol. The Hall–Kier alpha value is -3.65. The van der Waals surface area contributed by atoms with Crippen molar-refractivity contribution in [3.63, 3.8) is 0 Å². The normalized spacial score (nSPS) is 10.9. The third kappa shape index (κ3) is 4.75. The maximum absolute atomic E-state index is 13.1. The number of Topliss-reactive ketones (excluding diaryl/α,β-unsaturated/α-hetero) is 1. The lowest BCUT2D eigenvalue weighted by Crippen LogP contribution is -2.26. The highest BCUT2D eigenvalue weighted by molar-refractivity contribution is 7.92. The molecule has 0 radical (unpaired) electrons. The van der Waals surface area contributed by atoms with E-state index in [0.717, 1.165) is 4.31 Å². The smallest absolute Gasteiger partial charge is 0.264 e. The number of hydrogen-bond donors (Lipinski definition) is 1. The van der Waals surface area contributed by atoms with Crippen LogP contribution in [0.15, 0.2) is 77.7 Å². The number of amides is 1. The van der Waals surface area contributed by atoms with Crippen molar-refractivity contribution in [3.8, 4) is 5.75 Å². The van der Waals surface area contributed by atoms with Crippen LogP contribution < -0.4 is 14.4 Å². The van der Waals surface area contributed by atoms with Crippen LogP contribution in [0.2, 0.25) is 0 Å². The Balaban J connectivity index is 1.88. The molecule has 0 saturated heterocycles. The van der Waals surface area contributed by atoms with Crippen LogP contribution in [0.5, 0.6) is 5.75 Å². The molecule has 3 aromatic rings. The third-order valence-electron chi connectivity index (χ3n) is 4.75. The van der Waals surface area contributed by atoms with Gasteiger partial charge in [0.05, 0.1) is 23.4 Å². The molecule has 0 aliphatic carbocycles. The molecule has 3 aromatic carbocycles. The van der Waals surface area contributed by atoms with Gasteiger partial charge in [-0.15, -0.1) is 0 Å². The lowest BCUT2D eigenvalue weighted by molar-refractivity contribution is 0.101. The number of nitrogens with one attached hydrogen (secondary N) is 1. The summed E-state index contributed by atoms with van der Waals surface area (Å²) < 4.78 is 32.4. The van der Waals surface area contributed by atoms with Crippen LogP contribution >= 0.6 is 0 Å². The summed E-state index contributed by atoms with van der Waals surface area (Å²) in [6.45, 7) is 1.41. The van der Waals surface area contributed by atoms with Crippen LogP contribution in [0.25, 0.3) is 0 Å². The summed E-state index contributed by atoms with van der Waals surface area (Å²) in [4.78, 5) is 24.5. The number of benzene rings is 3. The summed E-state index contributed by atoms with van der Waals surface area (Å²) in [5.74, 6) is -0.0924. The summed E-state index contributed by atoms with van der Waals surface area (Å²) in [6, 6.07) is 19.0. The highest BCUT2D eigenvalue weighted by Crippen LogP contribution is 2.25. The van der Waals surface area contributed by atoms with E-state index in [-0.39, 0.29) is 16.2 Å². The number of carbonyl (C=O) groups excluding carboxylic acids is 2. The van der Waals surface area contributed by atoms with Gasteiger partial charge in [-0.1, -0.05) is 18.2 Å². The van der Waals surface area contributed by atoms with Crippen molar-refractivity contribution in [3.05, 3.63) is 83.9 Å². The number of rotatable bonds is 7. The lowest BCUT2D eigenvalue weighted by Gasteiger charge is -2.20. The molecular formula is C23H22N2O5S. The summed E-state index contributed by atoms with van der Waals surface area (Å²) in [5, 5.41) is 2.68. The molecule has 31 heavy (non-hydrogen) atoms. The van der Waals surface area contributed by atoms with E-state index in [1.165, 1.54) is 45.3 Å². The summed E-state index contributed by atoms with van der Waals surface area (Å²) in [5.41, 5.74) is 1.34.